The third kappa shape index (κ3) is 3.53. The van der Waals surface area contributed by atoms with E-state index in [4.69, 9.17) is 0 Å². The lowest BCUT2D eigenvalue weighted by molar-refractivity contribution is 1.62. The summed E-state index contributed by atoms with van der Waals surface area (Å²) in [6, 6.07) is 39.4. The van der Waals surface area contributed by atoms with Gasteiger partial charge in [-0.05, 0) is 22.3 Å². The predicted molar refractivity (Wildman–Crippen MR) is 116 cm³/mol. The van der Waals surface area contributed by atoms with Crippen molar-refractivity contribution in [2.45, 2.75) is 6.55 Å². The monoisotopic (exact) mass is 350 g/mol. The van der Waals surface area contributed by atoms with Crippen molar-refractivity contribution in [3.05, 3.63) is 109 Å². The van der Waals surface area contributed by atoms with Crippen molar-refractivity contribution in [1.29, 1.82) is 0 Å². The number of benzene rings is 4. The molecule has 0 N–H and O–H groups in total. The van der Waals surface area contributed by atoms with Gasteiger partial charge in [0.2, 0.25) is 0 Å². The SMILES string of the molecule is C[SiH](c1ccc(-c2ccccc2)cc1)c1ccc(-c2ccccc2)cc1. The van der Waals surface area contributed by atoms with Crippen LogP contribution in [0.25, 0.3) is 22.3 Å². The molecule has 0 radical (unpaired) electrons. The van der Waals surface area contributed by atoms with Crippen molar-refractivity contribution < 1.29 is 0 Å². The summed E-state index contributed by atoms with van der Waals surface area (Å²) in [5.41, 5.74) is 5.13. The highest BCUT2D eigenvalue weighted by Gasteiger charge is 2.11. The van der Waals surface area contributed by atoms with E-state index in [1.54, 1.807) is 0 Å². The van der Waals surface area contributed by atoms with E-state index in [-0.39, 0.29) is 0 Å². The Morgan fingerprint density at radius 1 is 0.385 bits per heavy atom. The molecule has 0 bridgehead atoms. The smallest absolute Gasteiger partial charge is 0.0642 e. The predicted octanol–water partition coefficient (Wildman–Crippen LogP) is 4.99. The normalized spacial score (nSPS) is 10.8. The molecule has 26 heavy (non-hydrogen) atoms. The molecule has 4 aromatic carbocycles. The van der Waals surface area contributed by atoms with Crippen molar-refractivity contribution in [2.24, 2.45) is 0 Å². The topological polar surface area (TPSA) is 0 Å². The van der Waals surface area contributed by atoms with Crippen LogP contribution in [0.2, 0.25) is 6.55 Å². The first-order chi connectivity index (χ1) is 12.8. The summed E-state index contributed by atoms with van der Waals surface area (Å²) in [5, 5.41) is 2.97. The zero-order chi connectivity index (χ0) is 17.8. The average molecular weight is 351 g/mol. The molecule has 0 unspecified atom stereocenters. The molecule has 0 atom stereocenters. The molecule has 0 aliphatic carbocycles. The van der Waals surface area contributed by atoms with Gasteiger partial charge in [-0.15, -0.1) is 0 Å². The van der Waals surface area contributed by atoms with E-state index in [0.29, 0.717) is 0 Å². The summed E-state index contributed by atoms with van der Waals surface area (Å²) in [6.45, 7) is 2.41. The molecule has 0 fully saturated rings. The minimum atomic E-state index is -1.15. The minimum Gasteiger partial charge on any atom is -0.0642 e. The Labute approximate surface area is 157 Å². The number of hydrogen-bond acceptors (Lipinski definition) is 0. The van der Waals surface area contributed by atoms with Gasteiger partial charge in [0.05, 0.1) is 8.80 Å². The van der Waals surface area contributed by atoms with Gasteiger partial charge in [0, 0.05) is 0 Å². The van der Waals surface area contributed by atoms with E-state index in [0.717, 1.165) is 0 Å². The maximum Gasteiger partial charge on any atom is 0.0997 e. The van der Waals surface area contributed by atoms with Gasteiger partial charge in [-0.2, -0.15) is 0 Å². The molecule has 0 nitrogen and oxygen atoms in total. The van der Waals surface area contributed by atoms with Gasteiger partial charge < -0.3 is 0 Å². The second-order valence-corrected chi connectivity index (χ2v) is 9.47. The fraction of sp³-hybridized carbons (Fsp3) is 0.0400. The molecule has 4 rings (SSSR count). The Hall–Kier alpha value is -2.90. The Bertz CT molecular complexity index is 873. The van der Waals surface area contributed by atoms with Gasteiger partial charge in [0.1, 0.15) is 0 Å². The minimum absolute atomic E-state index is 1.15. The maximum atomic E-state index is 2.41. The van der Waals surface area contributed by atoms with Crippen molar-refractivity contribution in [1.82, 2.24) is 0 Å². The van der Waals surface area contributed by atoms with Gasteiger partial charge in [-0.25, -0.2) is 0 Å². The van der Waals surface area contributed by atoms with Gasteiger partial charge in [-0.1, -0.05) is 126 Å². The Morgan fingerprint density at radius 2 is 0.692 bits per heavy atom. The van der Waals surface area contributed by atoms with E-state index >= 15 is 0 Å². The first-order valence-electron chi connectivity index (χ1n) is 9.12. The second-order valence-electron chi connectivity index (χ2n) is 6.70. The summed E-state index contributed by atoms with van der Waals surface area (Å²) in [7, 11) is -1.15. The standard InChI is InChI=1S/C25H22Si/c1-26(24-16-12-22(13-17-24)20-8-4-2-5-9-20)25-18-14-23(15-19-25)21-10-6-3-7-11-21/h2-19,26H,1H3. The van der Waals surface area contributed by atoms with Crippen LogP contribution in [0.15, 0.2) is 109 Å². The number of hydrogen-bond donors (Lipinski definition) is 0. The highest BCUT2D eigenvalue weighted by Crippen LogP contribution is 2.18. The van der Waals surface area contributed by atoms with Crippen molar-refractivity contribution in [3.8, 4) is 22.3 Å². The molecule has 4 aromatic rings. The van der Waals surface area contributed by atoms with E-state index in [2.05, 4.69) is 116 Å². The first-order valence-corrected chi connectivity index (χ1v) is 11.4. The molecule has 0 aromatic heterocycles. The summed E-state index contributed by atoms with van der Waals surface area (Å²) >= 11 is 0. The van der Waals surface area contributed by atoms with Crippen LogP contribution in [-0.4, -0.2) is 8.80 Å². The molecule has 0 aliphatic heterocycles. The maximum absolute atomic E-state index is 2.41. The highest BCUT2D eigenvalue weighted by atomic mass is 28.3. The third-order valence-electron chi connectivity index (χ3n) is 5.04. The zero-order valence-electron chi connectivity index (χ0n) is 15.0. The van der Waals surface area contributed by atoms with Crippen LogP contribution in [0.3, 0.4) is 0 Å². The van der Waals surface area contributed by atoms with Gasteiger partial charge in [0.25, 0.3) is 0 Å². The van der Waals surface area contributed by atoms with Crippen LogP contribution >= 0.6 is 0 Å². The van der Waals surface area contributed by atoms with Crippen LogP contribution in [-0.2, 0) is 0 Å². The Balaban J connectivity index is 1.55. The Kier molecular flexibility index (Phi) is 4.81. The van der Waals surface area contributed by atoms with Crippen LogP contribution in [0.5, 0.6) is 0 Å². The molecule has 0 saturated carbocycles. The lowest BCUT2D eigenvalue weighted by atomic mass is 10.1. The van der Waals surface area contributed by atoms with E-state index in [1.165, 1.54) is 32.6 Å². The molecule has 0 spiro atoms. The summed E-state index contributed by atoms with van der Waals surface area (Å²) in [5.74, 6) is 0. The highest BCUT2D eigenvalue weighted by molar-refractivity contribution is 6.84. The largest absolute Gasteiger partial charge is 0.0997 e. The molecular weight excluding hydrogens is 328 g/mol. The molecule has 1 heteroatoms. The second kappa shape index (κ2) is 7.55. The summed E-state index contributed by atoms with van der Waals surface area (Å²) in [6.07, 6.45) is 0. The van der Waals surface area contributed by atoms with Crippen molar-refractivity contribution >= 4 is 19.2 Å². The third-order valence-corrected chi connectivity index (χ3v) is 7.81. The van der Waals surface area contributed by atoms with Gasteiger partial charge >= 0.3 is 0 Å². The van der Waals surface area contributed by atoms with E-state index in [9.17, 15) is 0 Å². The summed E-state index contributed by atoms with van der Waals surface area (Å²) < 4.78 is 0. The molecular formula is C25H22Si. The summed E-state index contributed by atoms with van der Waals surface area (Å²) in [4.78, 5) is 0. The lowest BCUT2D eigenvalue weighted by Gasteiger charge is -2.13. The van der Waals surface area contributed by atoms with Crippen LogP contribution in [0.1, 0.15) is 0 Å². The Morgan fingerprint density at radius 3 is 1.04 bits per heavy atom. The van der Waals surface area contributed by atoms with Gasteiger partial charge in [-0.3, -0.25) is 0 Å². The van der Waals surface area contributed by atoms with Crippen molar-refractivity contribution in [3.63, 3.8) is 0 Å². The molecule has 0 saturated heterocycles. The van der Waals surface area contributed by atoms with E-state index in [1.807, 2.05) is 0 Å². The van der Waals surface area contributed by atoms with Crippen molar-refractivity contribution in [2.75, 3.05) is 0 Å². The van der Waals surface area contributed by atoms with Crippen LogP contribution in [0.4, 0.5) is 0 Å². The quantitative estimate of drug-likeness (QED) is 0.455. The first kappa shape index (κ1) is 16.6. The fourth-order valence-corrected chi connectivity index (χ4v) is 5.31. The average Bonchev–Trinajstić information content (AvgIpc) is 2.75. The molecule has 126 valence electrons. The molecule has 0 aliphatic rings. The lowest BCUT2D eigenvalue weighted by Crippen LogP contribution is -2.38. The molecule has 0 heterocycles. The van der Waals surface area contributed by atoms with Crippen LogP contribution in [0, 0.1) is 0 Å². The van der Waals surface area contributed by atoms with E-state index < -0.39 is 8.80 Å². The molecule has 0 amide bonds. The van der Waals surface area contributed by atoms with Gasteiger partial charge in [0.15, 0.2) is 0 Å². The fourth-order valence-electron chi connectivity index (χ4n) is 3.38. The number of rotatable bonds is 4. The van der Waals surface area contributed by atoms with Crippen LogP contribution < -0.4 is 10.4 Å². The zero-order valence-corrected chi connectivity index (χ0v) is 16.1.